The highest BCUT2D eigenvalue weighted by Crippen LogP contribution is 2.39. The molecule has 1 atom stereocenters. The van der Waals surface area contributed by atoms with Crippen molar-refractivity contribution in [2.24, 2.45) is 5.41 Å². The van der Waals surface area contributed by atoms with E-state index in [2.05, 4.69) is 67.1 Å². The molecule has 1 unspecified atom stereocenters. The fourth-order valence-electron chi connectivity index (χ4n) is 5.11. The molecule has 3 heterocycles. The molecule has 3 aromatic rings. The second kappa shape index (κ2) is 7.90. The average molecular weight is 393 g/mol. The van der Waals surface area contributed by atoms with Crippen LogP contribution in [-0.4, -0.2) is 51.3 Å². The van der Waals surface area contributed by atoms with E-state index in [9.17, 15) is 0 Å². The highest BCUT2D eigenvalue weighted by Gasteiger charge is 2.40. The molecule has 2 saturated heterocycles. The number of aromatic nitrogens is 2. The summed E-state index contributed by atoms with van der Waals surface area (Å²) in [7, 11) is 0. The van der Waals surface area contributed by atoms with E-state index < -0.39 is 0 Å². The minimum absolute atomic E-state index is 0.501. The van der Waals surface area contributed by atoms with Gasteiger partial charge in [0.1, 0.15) is 11.0 Å². The van der Waals surface area contributed by atoms with Crippen LogP contribution in [0.2, 0.25) is 0 Å². The van der Waals surface area contributed by atoms with Crippen LogP contribution in [-0.2, 0) is 13.0 Å². The van der Waals surface area contributed by atoms with Crippen LogP contribution in [0, 0.1) is 5.41 Å². The molecule has 1 spiro atoms. The lowest BCUT2D eigenvalue weighted by atomic mass is 9.79. The zero-order chi connectivity index (χ0) is 18.8. The third kappa shape index (κ3) is 3.97. The van der Waals surface area contributed by atoms with Crippen molar-refractivity contribution in [1.29, 1.82) is 0 Å². The zero-order valence-corrected chi connectivity index (χ0v) is 17.2. The Morgan fingerprint density at radius 1 is 0.857 bits per heavy atom. The number of hydrogen-bond donors (Lipinski definition) is 0. The van der Waals surface area contributed by atoms with Gasteiger partial charge in [-0.05, 0) is 67.4 Å². The molecule has 28 heavy (non-hydrogen) atoms. The molecule has 5 rings (SSSR count). The van der Waals surface area contributed by atoms with Gasteiger partial charge >= 0.3 is 0 Å². The van der Waals surface area contributed by atoms with Crippen LogP contribution in [0.5, 0.6) is 0 Å². The predicted molar refractivity (Wildman–Crippen MR) is 116 cm³/mol. The summed E-state index contributed by atoms with van der Waals surface area (Å²) in [6.07, 6.45) is 5.25. The van der Waals surface area contributed by atoms with Gasteiger partial charge in [0.15, 0.2) is 0 Å². The SMILES string of the molecule is c1ccc(CCN2CCCC3(CCN(Cc4ccc5nsnc5c4)C3)C2)cc1. The van der Waals surface area contributed by atoms with E-state index in [1.807, 2.05) is 0 Å². The number of rotatable bonds is 5. The molecule has 2 aliphatic heterocycles. The van der Waals surface area contributed by atoms with Crippen molar-refractivity contribution in [3.8, 4) is 0 Å². The molecular weight excluding hydrogens is 364 g/mol. The Morgan fingerprint density at radius 3 is 2.64 bits per heavy atom. The van der Waals surface area contributed by atoms with Crippen LogP contribution in [0.4, 0.5) is 0 Å². The lowest BCUT2D eigenvalue weighted by Gasteiger charge is -2.40. The first-order valence-electron chi connectivity index (χ1n) is 10.5. The number of hydrogen-bond acceptors (Lipinski definition) is 5. The highest BCUT2D eigenvalue weighted by atomic mass is 32.1. The second-order valence-electron chi connectivity index (χ2n) is 8.66. The maximum absolute atomic E-state index is 4.40. The van der Waals surface area contributed by atoms with Crippen molar-refractivity contribution in [2.45, 2.75) is 32.2 Å². The number of benzene rings is 2. The van der Waals surface area contributed by atoms with Crippen molar-refractivity contribution in [3.63, 3.8) is 0 Å². The molecule has 2 fully saturated rings. The highest BCUT2D eigenvalue weighted by molar-refractivity contribution is 7.00. The van der Waals surface area contributed by atoms with E-state index in [1.54, 1.807) is 0 Å². The molecule has 0 radical (unpaired) electrons. The minimum atomic E-state index is 0.501. The molecule has 0 N–H and O–H groups in total. The number of piperidine rings is 1. The summed E-state index contributed by atoms with van der Waals surface area (Å²) in [4.78, 5) is 5.37. The number of likely N-dealkylation sites (tertiary alicyclic amines) is 2. The van der Waals surface area contributed by atoms with E-state index in [1.165, 1.54) is 81.3 Å². The quantitative estimate of drug-likeness (QED) is 0.651. The smallest absolute Gasteiger partial charge is 0.105 e. The van der Waals surface area contributed by atoms with Gasteiger partial charge in [0, 0.05) is 26.2 Å². The van der Waals surface area contributed by atoms with Gasteiger partial charge in [-0.15, -0.1) is 0 Å². The van der Waals surface area contributed by atoms with Crippen LogP contribution >= 0.6 is 11.7 Å². The van der Waals surface area contributed by atoms with Crippen LogP contribution in [0.25, 0.3) is 11.0 Å². The summed E-state index contributed by atoms with van der Waals surface area (Å²) in [5.74, 6) is 0. The van der Waals surface area contributed by atoms with Gasteiger partial charge in [0.2, 0.25) is 0 Å². The fourth-order valence-corrected chi connectivity index (χ4v) is 5.63. The van der Waals surface area contributed by atoms with Gasteiger partial charge in [-0.3, -0.25) is 4.90 Å². The summed E-state index contributed by atoms with van der Waals surface area (Å²) >= 11 is 1.31. The van der Waals surface area contributed by atoms with Gasteiger partial charge in [0.25, 0.3) is 0 Å². The minimum Gasteiger partial charge on any atom is -0.302 e. The zero-order valence-electron chi connectivity index (χ0n) is 16.4. The Labute approximate surface area is 171 Å². The van der Waals surface area contributed by atoms with Gasteiger partial charge in [-0.1, -0.05) is 36.4 Å². The summed E-state index contributed by atoms with van der Waals surface area (Å²) < 4.78 is 8.72. The van der Waals surface area contributed by atoms with E-state index in [-0.39, 0.29) is 0 Å². The monoisotopic (exact) mass is 392 g/mol. The summed E-state index contributed by atoms with van der Waals surface area (Å²) in [5, 5.41) is 0. The van der Waals surface area contributed by atoms with Crippen molar-refractivity contribution >= 4 is 22.8 Å². The van der Waals surface area contributed by atoms with E-state index >= 15 is 0 Å². The lowest BCUT2D eigenvalue weighted by molar-refractivity contribution is 0.0928. The first kappa shape index (κ1) is 18.2. The summed E-state index contributed by atoms with van der Waals surface area (Å²) in [6, 6.07) is 17.5. The largest absolute Gasteiger partial charge is 0.302 e. The molecule has 0 saturated carbocycles. The van der Waals surface area contributed by atoms with Crippen molar-refractivity contribution < 1.29 is 0 Å². The average Bonchev–Trinajstić information content (AvgIpc) is 3.34. The second-order valence-corrected chi connectivity index (χ2v) is 9.19. The summed E-state index contributed by atoms with van der Waals surface area (Å²) in [6.45, 7) is 7.23. The maximum Gasteiger partial charge on any atom is 0.105 e. The van der Waals surface area contributed by atoms with Gasteiger partial charge in [-0.25, -0.2) is 0 Å². The Bertz CT molecular complexity index is 925. The standard InChI is InChI=1S/C23H28N4S/c1-2-5-19(6-3-1)9-13-26-12-4-10-23(17-26)11-14-27(18-23)16-20-7-8-21-22(15-20)25-28-24-21/h1-3,5-8,15H,4,9-14,16-18H2. The Balaban J connectivity index is 1.19. The van der Waals surface area contributed by atoms with E-state index in [4.69, 9.17) is 0 Å². The molecule has 146 valence electrons. The normalized spacial score (nSPS) is 23.7. The number of fused-ring (bicyclic) bond motifs is 1. The van der Waals surface area contributed by atoms with Crippen molar-refractivity contribution in [1.82, 2.24) is 18.5 Å². The lowest BCUT2D eigenvalue weighted by Crippen LogP contribution is -2.45. The van der Waals surface area contributed by atoms with Gasteiger partial charge in [0.05, 0.1) is 11.7 Å². The van der Waals surface area contributed by atoms with Gasteiger partial charge in [-0.2, -0.15) is 8.75 Å². The molecule has 0 amide bonds. The summed E-state index contributed by atoms with van der Waals surface area (Å²) in [5.41, 5.74) is 5.39. The van der Waals surface area contributed by atoms with Crippen LogP contribution < -0.4 is 0 Å². The molecule has 0 bridgehead atoms. The molecule has 2 aliphatic rings. The van der Waals surface area contributed by atoms with Crippen molar-refractivity contribution in [2.75, 3.05) is 32.7 Å². The Kier molecular flexibility index (Phi) is 5.14. The Hall–Kier alpha value is -1.82. The first-order chi connectivity index (χ1) is 13.8. The topological polar surface area (TPSA) is 32.3 Å². The number of nitrogens with zero attached hydrogens (tertiary/aromatic N) is 4. The molecule has 2 aromatic carbocycles. The predicted octanol–water partition coefficient (Wildman–Crippen LogP) is 4.22. The first-order valence-corrected chi connectivity index (χ1v) is 11.2. The van der Waals surface area contributed by atoms with Crippen molar-refractivity contribution in [3.05, 3.63) is 59.7 Å². The Morgan fingerprint density at radius 2 is 1.71 bits per heavy atom. The maximum atomic E-state index is 4.40. The van der Waals surface area contributed by atoms with Crippen LogP contribution in [0.15, 0.2) is 48.5 Å². The third-order valence-electron chi connectivity index (χ3n) is 6.54. The fraction of sp³-hybridized carbons (Fsp3) is 0.478. The van der Waals surface area contributed by atoms with E-state index in [0.29, 0.717) is 5.41 Å². The van der Waals surface area contributed by atoms with Crippen LogP contribution in [0.1, 0.15) is 30.4 Å². The van der Waals surface area contributed by atoms with E-state index in [0.717, 1.165) is 17.6 Å². The molecule has 0 aliphatic carbocycles. The molecular formula is C23H28N4S. The third-order valence-corrected chi connectivity index (χ3v) is 7.10. The van der Waals surface area contributed by atoms with Gasteiger partial charge < -0.3 is 4.90 Å². The van der Waals surface area contributed by atoms with Crippen LogP contribution in [0.3, 0.4) is 0 Å². The molecule has 4 nitrogen and oxygen atoms in total. The molecule has 1 aromatic heterocycles. The molecule has 5 heteroatoms.